The standard InChI is InChI=1S/C15H14N2O5/c1-7(2)21-14(19)8-3-4-11-9(5-8)6-10-12(18)16-15(20)17-13(10)22-11/h3-5,7H,6H2,1-2H3,(H2,16,17,18,20). The lowest BCUT2D eigenvalue weighted by Gasteiger charge is -2.19. The zero-order valence-electron chi connectivity index (χ0n) is 12.1. The fourth-order valence-corrected chi connectivity index (χ4v) is 2.27. The van der Waals surface area contributed by atoms with Gasteiger partial charge in [-0.3, -0.25) is 14.8 Å². The first-order valence-corrected chi connectivity index (χ1v) is 6.81. The topological polar surface area (TPSA) is 101 Å². The number of benzene rings is 1. The average molecular weight is 302 g/mol. The van der Waals surface area contributed by atoms with E-state index in [9.17, 15) is 14.4 Å². The number of fused-ring (bicyclic) bond motifs is 2. The minimum absolute atomic E-state index is 0.138. The van der Waals surface area contributed by atoms with Crippen molar-refractivity contribution < 1.29 is 14.3 Å². The molecule has 0 aliphatic carbocycles. The number of carbonyl (C=O) groups excluding carboxylic acids is 1. The summed E-state index contributed by atoms with van der Waals surface area (Å²) in [5.74, 6) is 0.201. The number of H-pyrrole nitrogens is 2. The van der Waals surface area contributed by atoms with E-state index in [2.05, 4.69) is 9.97 Å². The third-order valence-corrected chi connectivity index (χ3v) is 3.22. The van der Waals surface area contributed by atoms with Crippen LogP contribution in [0.3, 0.4) is 0 Å². The van der Waals surface area contributed by atoms with Crippen molar-refractivity contribution in [3.05, 3.63) is 55.7 Å². The van der Waals surface area contributed by atoms with Crippen LogP contribution in [0, 0.1) is 0 Å². The first-order valence-electron chi connectivity index (χ1n) is 6.81. The predicted octanol–water partition coefficient (Wildman–Crippen LogP) is 1.32. The lowest BCUT2D eigenvalue weighted by Crippen LogP contribution is -2.28. The fraction of sp³-hybridized carbons (Fsp3) is 0.267. The van der Waals surface area contributed by atoms with Gasteiger partial charge in [0.15, 0.2) is 0 Å². The summed E-state index contributed by atoms with van der Waals surface area (Å²) >= 11 is 0. The Morgan fingerprint density at radius 3 is 2.77 bits per heavy atom. The Kier molecular flexibility index (Phi) is 3.32. The van der Waals surface area contributed by atoms with E-state index in [0.29, 0.717) is 22.4 Å². The quantitative estimate of drug-likeness (QED) is 0.695. The molecule has 2 N–H and O–H groups in total. The van der Waals surface area contributed by atoms with Crippen LogP contribution in [-0.4, -0.2) is 22.0 Å². The van der Waals surface area contributed by atoms with E-state index in [1.807, 2.05) is 0 Å². The van der Waals surface area contributed by atoms with E-state index in [1.165, 1.54) is 0 Å². The maximum absolute atomic E-state index is 11.9. The van der Waals surface area contributed by atoms with E-state index in [-0.39, 0.29) is 18.4 Å². The van der Waals surface area contributed by atoms with Crippen LogP contribution in [0.2, 0.25) is 0 Å². The molecule has 2 heterocycles. The van der Waals surface area contributed by atoms with E-state index in [1.54, 1.807) is 32.0 Å². The summed E-state index contributed by atoms with van der Waals surface area (Å²) in [6, 6.07) is 4.84. The molecule has 1 aromatic carbocycles. The predicted molar refractivity (Wildman–Crippen MR) is 77.6 cm³/mol. The fourth-order valence-electron chi connectivity index (χ4n) is 2.27. The molecule has 7 heteroatoms. The summed E-state index contributed by atoms with van der Waals surface area (Å²) in [4.78, 5) is 39.6. The van der Waals surface area contributed by atoms with Crippen LogP contribution in [0.15, 0.2) is 27.8 Å². The highest BCUT2D eigenvalue weighted by Crippen LogP contribution is 2.33. The van der Waals surface area contributed by atoms with Crippen molar-refractivity contribution in [3.8, 4) is 11.6 Å². The van der Waals surface area contributed by atoms with Crippen molar-refractivity contribution in [2.24, 2.45) is 0 Å². The van der Waals surface area contributed by atoms with Gasteiger partial charge in [-0.25, -0.2) is 9.59 Å². The van der Waals surface area contributed by atoms with Gasteiger partial charge in [0.25, 0.3) is 5.56 Å². The first kappa shape index (κ1) is 14.1. The van der Waals surface area contributed by atoms with Gasteiger partial charge in [0.1, 0.15) is 5.75 Å². The number of ether oxygens (including phenoxy) is 2. The summed E-state index contributed by atoms with van der Waals surface area (Å²) in [6.45, 7) is 3.54. The van der Waals surface area contributed by atoms with Crippen molar-refractivity contribution >= 4 is 5.97 Å². The van der Waals surface area contributed by atoms with Crippen LogP contribution in [-0.2, 0) is 11.2 Å². The van der Waals surface area contributed by atoms with Crippen LogP contribution in [0.25, 0.3) is 0 Å². The van der Waals surface area contributed by atoms with Crippen molar-refractivity contribution in [1.82, 2.24) is 9.97 Å². The Balaban J connectivity index is 1.98. The van der Waals surface area contributed by atoms with Gasteiger partial charge in [-0.2, -0.15) is 0 Å². The molecular weight excluding hydrogens is 288 g/mol. The third kappa shape index (κ3) is 2.52. The Morgan fingerprint density at radius 1 is 1.27 bits per heavy atom. The number of hydrogen-bond acceptors (Lipinski definition) is 5. The molecule has 0 atom stereocenters. The van der Waals surface area contributed by atoms with Gasteiger partial charge in [0.2, 0.25) is 5.88 Å². The number of aromatic nitrogens is 2. The minimum Gasteiger partial charge on any atom is -0.459 e. The number of rotatable bonds is 2. The van der Waals surface area contributed by atoms with Gasteiger partial charge in [-0.15, -0.1) is 0 Å². The maximum Gasteiger partial charge on any atom is 0.338 e. The molecule has 0 spiro atoms. The molecular formula is C15H14N2O5. The number of aromatic amines is 2. The molecule has 3 rings (SSSR count). The van der Waals surface area contributed by atoms with Crippen molar-refractivity contribution in [1.29, 1.82) is 0 Å². The molecule has 22 heavy (non-hydrogen) atoms. The Bertz CT molecular complexity index is 863. The molecule has 1 aliphatic rings. The van der Waals surface area contributed by atoms with Gasteiger partial charge < -0.3 is 9.47 Å². The highest BCUT2D eigenvalue weighted by Gasteiger charge is 2.22. The molecule has 1 aromatic heterocycles. The SMILES string of the molecule is CC(C)OC(=O)c1ccc2c(c1)Cc1c([nH]c(=O)[nH]c1=O)O2. The van der Waals surface area contributed by atoms with Crippen molar-refractivity contribution in [2.75, 3.05) is 0 Å². The summed E-state index contributed by atoms with van der Waals surface area (Å²) in [5, 5.41) is 0. The van der Waals surface area contributed by atoms with Crippen LogP contribution in [0.1, 0.15) is 35.3 Å². The van der Waals surface area contributed by atoms with Crippen LogP contribution in [0.5, 0.6) is 11.6 Å². The molecule has 1 aliphatic heterocycles. The molecule has 0 saturated heterocycles. The lowest BCUT2D eigenvalue weighted by molar-refractivity contribution is 0.0378. The number of nitrogens with one attached hydrogen (secondary N) is 2. The van der Waals surface area contributed by atoms with E-state index < -0.39 is 17.2 Å². The van der Waals surface area contributed by atoms with Crippen molar-refractivity contribution in [2.45, 2.75) is 26.4 Å². The van der Waals surface area contributed by atoms with E-state index in [4.69, 9.17) is 9.47 Å². The monoisotopic (exact) mass is 302 g/mol. The Morgan fingerprint density at radius 2 is 2.05 bits per heavy atom. The molecule has 0 radical (unpaired) electrons. The van der Waals surface area contributed by atoms with E-state index >= 15 is 0 Å². The number of esters is 1. The number of hydrogen-bond donors (Lipinski definition) is 2. The molecule has 2 aromatic rings. The molecule has 0 bridgehead atoms. The van der Waals surface area contributed by atoms with Gasteiger partial charge in [-0.1, -0.05) is 0 Å². The van der Waals surface area contributed by atoms with Crippen LogP contribution >= 0.6 is 0 Å². The molecule has 7 nitrogen and oxygen atoms in total. The largest absolute Gasteiger partial charge is 0.459 e. The minimum atomic E-state index is -0.621. The Labute approximate surface area is 124 Å². The first-order chi connectivity index (χ1) is 10.4. The normalized spacial score (nSPS) is 12.3. The lowest BCUT2D eigenvalue weighted by atomic mass is 10.0. The van der Waals surface area contributed by atoms with Crippen LogP contribution < -0.4 is 16.0 Å². The van der Waals surface area contributed by atoms with Gasteiger partial charge in [0.05, 0.1) is 17.2 Å². The highest BCUT2D eigenvalue weighted by molar-refractivity contribution is 5.90. The Hall–Kier alpha value is -2.83. The zero-order valence-corrected chi connectivity index (χ0v) is 12.1. The molecule has 0 unspecified atom stereocenters. The average Bonchev–Trinajstić information content (AvgIpc) is 2.44. The molecule has 0 saturated carbocycles. The molecule has 0 fully saturated rings. The zero-order chi connectivity index (χ0) is 15.9. The summed E-state index contributed by atoms with van der Waals surface area (Å²) < 4.78 is 10.7. The second-order valence-corrected chi connectivity index (χ2v) is 5.27. The smallest absolute Gasteiger partial charge is 0.338 e. The summed E-state index contributed by atoms with van der Waals surface area (Å²) in [5.41, 5.74) is 0.272. The van der Waals surface area contributed by atoms with Gasteiger partial charge in [0, 0.05) is 12.0 Å². The van der Waals surface area contributed by atoms with Gasteiger partial charge >= 0.3 is 11.7 Å². The second kappa shape index (κ2) is 5.18. The molecule has 0 amide bonds. The summed E-state index contributed by atoms with van der Waals surface area (Å²) in [6.07, 6.45) is 0.0491. The van der Waals surface area contributed by atoms with Gasteiger partial charge in [-0.05, 0) is 32.0 Å². The molecule has 114 valence electrons. The second-order valence-electron chi connectivity index (χ2n) is 5.27. The van der Waals surface area contributed by atoms with Crippen LogP contribution in [0.4, 0.5) is 0 Å². The third-order valence-electron chi connectivity index (χ3n) is 3.22. The van der Waals surface area contributed by atoms with Crippen molar-refractivity contribution in [3.63, 3.8) is 0 Å². The maximum atomic E-state index is 11.9. The summed E-state index contributed by atoms with van der Waals surface area (Å²) in [7, 11) is 0. The van der Waals surface area contributed by atoms with E-state index in [0.717, 1.165) is 0 Å². The highest BCUT2D eigenvalue weighted by atomic mass is 16.5. The number of carbonyl (C=O) groups is 1.